The Balaban J connectivity index is 2.85. The molecule has 0 spiro atoms. The van der Waals surface area contributed by atoms with Crippen LogP contribution in [0.15, 0.2) is 18.2 Å². The number of benzene rings is 1. The summed E-state index contributed by atoms with van der Waals surface area (Å²) in [7, 11) is 3.24. The molecular formula is C13H18F2N2O. The van der Waals surface area contributed by atoms with E-state index >= 15 is 0 Å². The molecular weight excluding hydrogens is 238 g/mol. The summed E-state index contributed by atoms with van der Waals surface area (Å²) in [5.74, 6) is -1.22. The Kier molecular flexibility index (Phi) is 4.40. The lowest BCUT2D eigenvalue weighted by atomic mass is 10.0. The van der Waals surface area contributed by atoms with Gasteiger partial charge in [0.2, 0.25) is 5.91 Å². The van der Waals surface area contributed by atoms with Crippen LogP contribution in [0.5, 0.6) is 0 Å². The Hall–Kier alpha value is -1.49. The van der Waals surface area contributed by atoms with Gasteiger partial charge < -0.3 is 10.2 Å². The predicted molar refractivity (Wildman–Crippen MR) is 66.0 cm³/mol. The number of halogens is 2. The molecule has 0 radical (unpaired) electrons. The van der Waals surface area contributed by atoms with Gasteiger partial charge in [0, 0.05) is 19.2 Å². The SMILES string of the molecule is CNC(C)(C)C(=O)N(C)Cc1cc(F)ccc1F. The normalized spacial score (nSPS) is 11.4. The van der Waals surface area contributed by atoms with E-state index in [-0.39, 0.29) is 18.0 Å². The third kappa shape index (κ3) is 3.26. The van der Waals surface area contributed by atoms with Crippen molar-refractivity contribution in [2.75, 3.05) is 14.1 Å². The summed E-state index contributed by atoms with van der Waals surface area (Å²) in [4.78, 5) is 13.4. The standard InChI is InChI=1S/C13H18F2N2O/c1-13(2,16-3)12(18)17(4)8-9-7-10(14)5-6-11(9)15/h5-7,16H,8H2,1-4H3. The highest BCUT2D eigenvalue weighted by Gasteiger charge is 2.28. The number of likely N-dealkylation sites (N-methyl/N-ethyl adjacent to an activating group) is 2. The number of carbonyl (C=O) groups excluding carboxylic acids is 1. The van der Waals surface area contributed by atoms with Crippen molar-refractivity contribution in [2.24, 2.45) is 0 Å². The maximum atomic E-state index is 13.5. The fraction of sp³-hybridized carbons (Fsp3) is 0.462. The minimum Gasteiger partial charge on any atom is -0.340 e. The number of carbonyl (C=O) groups is 1. The largest absolute Gasteiger partial charge is 0.340 e. The fourth-order valence-corrected chi connectivity index (χ4v) is 1.58. The molecule has 3 nitrogen and oxygen atoms in total. The van der Waals surface area contributed by atoms with Gasteiger partial charge in [-0.15, -0.1) is 0 Å². The average molecular weight is 256 g/mol. The molecule has 0 saturated heterocycles. The molecule has 0 aromatic heterocycles. The number of nitrogens with one attached hydrogen (secondary N) is 1. The van der Waals surface area contributed by atoms with Gasteiger partial charge in [-0.25, -0.2) is 8.78 Å². The van der Waals surface area contributed by atoms with Crippen LogP contribution in [0, 0.1) is 11.6 Å². The molecule has 0 fully saturated rings. The van der Waals surface area contributed by atoms with Crippen molar-refractivity contribution in [1.29, 1.82) is 0 Å². The van der Waals surface area contributed by atoms with Crippen LogP contribution in [0.1, 0.15) is 19.4 Å². The van der Waals surface area contributed by atoms with Gasteiger partial charge in [0.25, 0.3) is 0 Å². The van der Waals surface area contributed by atoms with E-state index in [0.717, 1.165) is 18.2 Å². The van der Waals surface area contributed by atoms with E-state index < -0.39 is 17.2 Å². The summed E-state index contributed by atoms with van der Waals surface area (Å²) in [6.45, 7) is 3.50. The van der Waals surface area contributed by atoms with E-state index in [1.165, 1.54) is 4.90 Å². The van der Waals surface area contributed by atoms with Crippen LogP contribution >= 0.6 is 0 Å². The van der Waals surface area contributed by atoms with Crippen molar-refractivity contribution in [1.82, 2.24) is 10.2 Å². The van der Waals surface area contributed by atoms with E-state index in [4.69, 9.17) is 0 Å². The third-order valence-electron chi connectivity index (χ3n) is 2.92. The molecule has 100 valence electrons. The molecule has 1 N–H and O–H groups in total. The van der Waals surface area contributed by atoms with Crippen LogP contribution in [0.25, 0.3) is 0 Å². The van der Waals surface area contributed by atoms with E-state index in [2.05, 4.69) is 5.32 Å². The third-order valence-corrected chi connectivity index (χ3v) is 2.92. The second-order valence-electron chi connectivity index (χ2n) is 4.77. The van der Waals surface area contributed by atoms with Crippen LogP contribution in [0.3, 0.4) is 0 Å². The summed E-state index contributed by atoms with van der Waals surface area (Å²) < 4.78 is 26.5. The number of hydrogen-bond acceptors (Lipinski definition) is 2. The molecule has 0 saturated carbocycles. The van der Waals surface area contributed by atoms with Crippen molar-refractivity contribution >= 4 is 5.91 Å². The lowest BCUT2D eigenvalue weighted by Gasteiger charge is -2.29. The molecule has 0 aliphatic rings. The molecule has 0 heterocycles. The quantitative estimate of drug-likeness (QED) is 0.892. The highest BCUT2D eigenvalue weighted by Crippen LogP contribution is 2.14. The number of nitrogens with zero attached hydrogens (tertiary/aromatic N) is 1. The van der Waals surface area contributed by atoms with Crippen molar-refractivity contribution in [3.05, 3.63) is 35.4 Å². The summed E-state index contributed by atoms with van der Waals surface area (Å²) in [5, 5.41) is 2.87. The first-order chi connectivity index (χ1) is 8.27. The lowest BCUT2D eigenvalue weighted by Crippen LogP contribution is -2.51. The van der Waals surface area contributed by atoms with Crippen molar-refractivity contribution in [3.63, 3.8) is 0 Å². The molecule has 0 atom stereocenters. The van der Waals surface area contributed by atoms with Crippen molar-refractivity contribution in [3.8, 4) is 0 Å². The van der Waals surface area contributed by atoms with Crippen molar-refractivity contribution < 1.29 is 13.6 Å². The summed E-state index contributed by atoms with van der Waals surface area (Å²) in [6.07, 6.45) is 0. The van der Waals surface area contributed by atoms with E-state index in [1.807, 2.05) is 0 Å². The van der Waals surface area contributed by atoms with E-state index in [9.17, 15) is 13.6 Å². The Morgan fingerprint density at radius 1 is 1.39 bits per heavy atom. The number of amides is 1. The Labute approximate surface area is 106 Å². The summed E-state index contributed by atoms with van der Waals surface area (Å²) in [6, 6.07) is 3.22. The van der Waals surface area contributed by atoms with Gasteiger partial charge in [-0.1, -0.05) is 0 Å². The molecule has 0 aliphatic heterocycles. The molecule has 0 aliphatic carbocycles. The van der Waals surface area contributed by atoms with Crippen LogP contribution in [-0.4, -0.2) is 30.4 Å². The van der Waals surface area contributed by atoms with Gasteiger partial charge >= 0.3 is 0 Å². The van der Waals surface area contributed by atoms with E-state index in [0.29, 0.717) is 0 Å². The molecule has 1 aromatic carbocycles. The molecule has 1 amide bonds. The van der Waals surface area contributed by atoms with Gasteiger partial charge in [0.1, 0.15) is 11.6 Å². The fourth-order valence-electron chi connectivity index (χ4n) is 1.58. The van der Waals surface area contributed by atoms with Gasteiger partial charge in [0.15, 0.2) is 0 Å². The topological polar surface area (TPSA) is 32.3 Å². The average Bonchev–Trinajstić information content (AvgIpc) is 2.32. The van der Waals surface area contributed by atoms with Gasteiger partial charge in [-0.05, 0) is 39.1 Å². The first-order valence-electron chi connectivity index (χ1n) is 5.66. The highest BCUT2D eigenvalue weighted by atomic mass is 19.1. The zero-order valence-electron chi connectivity index (χ0n) is 11.1. The van der Waals surface area contributed by atoms with Crippen molar-refractivity contribution in [2.45, 2.75) is 25.9 Å². The molecule has 5 heteroatoms. The second-order valence-corrected chi connectivity index (χ2v) is 4.77. The monoisotopic (exact) mass is 256 g/mol. The smallest absolute Gasteiger partial charge is 0.242 e. The van der Waals surface area contributed by atoms with Gasteiger partial charge in [-0.3, -0.25) is 4.79 Å². The van der Waals surface area contributed by atoms with Crippen LogP contribution in [0.4, 0.5) is 8.78 Å². The predicted octanol–water partition coefficient (Wildman–Crippen LogP) is 1.92. The molecule has 1 rings (SSSR count). The minimum atomic E-state index is -0.738. The zero-order chi connectivity index (χ0) is 13.9. The maximum Gasteiger partial charge on any atom is 0.242 e. The summed E-state index contributed by atoms with van der Waals surface area (Å²) in [5.41, 5.74) is -0.573. The van der Waals surface area contributed by atoms with E-state index in [1.54, 1.807) is 27.9 Å². The van der Waals surface area contributed by atoms with Gasteiger partial charge in [-0.2, -0.15) is 0 Å². The number of rotatable bonds is 4. The Morgan fingerprint density at radius 3 is 2.56 bits per heavy atom. The molecule has 1 aromatic rings. The first kappa shape index (κ1) is 14.6. The van der Waals surface area contributed by atoms with Crippen LogP contribution < -0.4 is 5.32 Å². The summed E-state index contributed by atoms with van der Waals surface area (Å²) >= 11 is 0. The molecule has 0 unspecified atom stereocenters. The Bertz CT molecular complexity index is 447. The molecule has 18 heavy (non-hydrogen) atoms. The zero-order valence-corrected chi connectivity index (χ0v) is 11.1. The first-order valence-corrected chi connectivity index (χ1v) is 5.66. The van der Waals surface area contributed by atoms with Gasteiger partial charge in [0.05, 0.1) is 5.54 Å². The minimum absolute atomic E-state index is 0.0353. The maximum absolute atomic E-state index is 13.5. The second kappa shape index (κ2) is 5.44. The Morgan fingerprint density at radius 2 is 2.00 bits per heavy atom. The van der Waals surface area contributed by atoms with Crippen LogP contribution in [0.2, 0.25) is 0 Å². The highest BCUT2D eigenvalue weighted by molar-refractivity contribution is 5.85. The van der Waals surface area contributed by atoms with Crippen LogP contribution in [-0.2, 0) is 11.3 Å². The molecule has 0 bridgehead atoms. The lowest BCUT2D eigenvalue weighted by molar-refractivity contribution is -0.136. The number of hydrogen-bond donors (Lipinski definition) is 1.